The summed E-state index contributed by atoms with van der Waals surface area (Å²) in [7, 11) is 2.63. The van der Waals surface area contributed by atoms with Crippen LogP contribution in [0, 0.1) is 0 Å². The third kappa shape index (κ3) is 2.98. The van der Waals surface area contributed by atoms with Gasteiger partial charge in [0, 0.05) is 24.4 Å². The van der Waals surface area contributed by atoms with Gasteiger partial charge >= 0.3 is 5.92 Å². The molecule has 0 unspecified atom stereocenters. The Bertz CT molecular complexity index is 1120. The maximum atomic E-state index is 14.1. The molecule has 3 N–H and O–H groups in total. The Morgan fingerprint density at radius 3 is 2.75 bits per heavy atom. The summed E-state index contributed by atoms with van der Waals surface area (Å²) in [5.74, 6) is -3.65. The number of fused-ring (bicyclic) bond motifs is 1. The molecule has 4 heterocycles. The molecule has 0 aliphatic rings. The zero-order valence-electron chi connectivity index (χ0n) is 14.7. The van der Waals surface area contributed by atoms with Crippen LogP contribution in [0.2, 0.25) is 5.02 Å². The molecule has 28 heavy (non-hydrogen) atoms. The molecule has 0 fully saturated rings. The number of methoxy groups -OCH3 is 2. The second-order valence-corrected chi connectivity index (χ2v) is 6.29. The van der Waals surface area contributed by atoms with Crippen molar-refractivity contribution in [3.63, 3.8) is 0 Å². The fourth-order valence-corrected chi connectivity index (χ4v) is 3.07. The van der Waals surface area contributed by atoms with Crippen molar-refractivity contribution in [1.29, 1.82) is 0 Å². The lowest BCUT2D eigenvalue weighted by molar-refractivity contribution is -0.0763. The highest BCUT2D eigenvalue weighted by molar-refractivity contribution is 6.32. The number of nitrogens with one attached hydrogen (secondary N) is 3. The number of pyridine rings is 1. The number of H-pyrrole nitrogens is 3. The summed E-state index contributed by atoms with van der Waals surface area (Å²) in [6.45, 7) is -0.822. The van der Waals surface area contributed by atoms with E-state index in [1.807, 2.05) is 0 Å². The average molecular weight is 410 g/mol. The number of ether oxygens (including phenoxy) is 2. The second-order valence-electron chi connectivity index (χ2n) is 5.88. The lowest BCUT2D eigenvalue weighted by Crippen LogP contribution is -2.21. The molecular formula is C16H14ClF2N7O2. The van der Waals surface area contributed by atoms with Crippen LogP contribution in [0.1, 0.15) is 5.82 Å². The molecule has 0 bridgehead atoms. The molecule has 0 saturated heterocycles. The highest BCUT2D eigenvalue weighted by atomic mass is 35.5. The van der Waals surface area contributed by atoms with Crippen molar-refractivity contribution in [3.05, 3.63) is 29.3 Å². The second kappa shape index (κ2) is 6.84. The van der Waals surface area contributed by atoms with Crippen LogP contribution in [0.25, 0.3) is 33.7 Å². The molecule has 0 saturated carbocycles. The number of aromatic nitrogens is 7. The summed E-state index contributed by atoms with van der Waals surface area (Å²) in [6, 6.07) is 1.63. The van der Waals surface area contributed by atoms with E-state index in [9.17, 15) is 8.78 Å². The van der Waals surface area contributed by atoms with Gasteiger partial charge in [-0.2, -0.15) is 19.0 Å². The van der Waals surface area contributed by atoms with E-state index in [1.54, 1.807) is 18.5 Å². The standard InChI is InChI=1S/C16H14ClF2N7O2/c1-27-6-16(18,19)15-24-13(25-26-15)12-10(7-4-20-21-5-7)11-9(22-12)3-8(17)14(23-11)28-2/h3-5,22H,6H2,1-2H3,(H,20,21)(H,24,25,26). The molecule has 146 valence electrons. The van der Waals surface area contributed by atoms with E-state index in [0.717, 1.165) is 0 Å². The van der Waals surface area contributed by atoms with Gasteiger partial charge in [0.25, 0.3) is 0 Å². The summed E-state index contributed by atoms with van der Waals surface area (Å²) in [6.07, 6.45) is 3.21. The average Bonchev–Trinajstić information content (AvgIpc) is 3.39. The van der Waals surface area contributed by atoms with Crippen LogP contribution in [0.15, 0.2) is 18.5 Å². The van der Waals surface area contributed by atoms with Crippen LogP contribution in [-0.4, -0.2) is 56.2 Å². The summed E-state index contributed by atoms with van der Waals surface area (Å²) >= 11 is 6.16. The van der Waals surface area contributed by atoms with Gasteiger partial charge < -0.3 is 14.5 Å². The Hall–Kier alpha value is -3.05. The minimum Gasteiger partial charge on any atom is -0.480 e. The Kier molecular flexibility index (Phi) is 4.47. The molecule has 0 amide bonds. The first-order chi connectivity index (χ1) is 13.4. The van der Waals surface area contributed by atoms with E-state index in [-0.39, 0.29) is 11.7 Å². The van der Waals surface area contributed by atoms with Gasteiger partial charge in [-0.3, -0.25) is 10.2 Å². The van der Waals surface area contributed by atoms with Crippen molar-refractivity contribution in [2.75, 3.05) is 20.8 Å². The van der Waals surface area contributed by atoms with Crippen molar-refractivity contribution >= 4 is 22.6 Å². The van der Waals surface area contributed by atoms with Gasteiger partial charge in [0.15, 0.2) is 11.6 Å². The number of nitrogens with zero attached hydrogens (tertiary/aromatic N) is 4. The van der Waals surface area contributed by atoms with Gasteiger partial charge in [-0.25, -0.2) is 9.97 Å². The van der Waals surface area contributed by atoms with Crippen LogP contribution < -0.4 is 4.74 Å². The Labute approximate surface area is 161 Å². The molecule has 4 rings (SSSR count). The Morgan fingerprint density at radius 1 is 1.25 bits per heavy atom. The molecule has 9 nitrogen and oxygen atoms in total. The summed E-state index contributed by atoms with van der Waals surface area (Å²) in [5, 5.41) is 13.2. The fraction of sp³-hybridized carbons (Fsp3) is 0.250. The van der Waals surface area contributed by atoms with Gasteiger partial charge in [-0.05, 0) is 6.07 Å². The van der Waals surface area contributed by atoms with E-state index in [2.05, 4.69) is 40.1 Å². The van der Waals surface area contributed by atoms with Gasteiger partial charge in [-0.15, -0.1) is 0 Å². The van der Waals surface area contributed by atoms with E-state index in [4.69, 9.17) is 16.3 Å². The minimum atomic E-state index is -3.31. The predicted octanol–water partition coefficient (Wildman–Crippen LogP) is 3.14. The quantitative estimate of drug-likeness (QED) is 0.450. The first-order valence-corrected chi connectivity index (χ1v) is 8.37. The van der Waals surface area contributed by atoms with Gasteiger partial charge in [-0.1, -0.05) is 11.6 Å². The normalized spacial score (nSPS) is 12.0. The molecule has 0 spiro atoms. The molecular weight excluding hydrogens is 396 g/mol. The number of aromatic amines is 3. The molecule has 4 aromatic heterocycles. The molecule has 0 radical (unpaired) electrons. The lowest BCUT2D eigenvalue weighted by atomic mass is 10.1. The van der Waals surface area contributed by atoms with Crippen molar-refractivity contribution < 1.29 is 18.3 Å². The SMILES string of the molecule is COCC(F)(F)c1nc(-c2[nH]c3cc(Cl)c(OC)nc3c2-c2cn[nH]c2)n[nH]1. The van der Waals surface area contributed by atoms with Gasteiger partial charge in [0.1, 0.15) is 17.1 Å². The molecule has 0 aromatic carbocycles. The smallest absolute Gasteiger partial charge is 0.328 e. The van der Waals surface area contributed by atoms with Crippen LogP contribution in [0.4, 0.5) is 8.78 Å². The van der Waals surface area contributed by atoms with Crippen molar-refractivity contribution in [2.45, 2.75) is 5.92 Å². The number of hydrogen-bond donors (Lipinski definition) is 3. The molecule has 0 aliphatic carbocycles. The summed E-state index contributed by atoms with van der Waals surface area (Å²) < 4.78 is 37.9. The monoisotopic (exact) mass is 409 g/mol. The van der Waals surface area contributed by atoms with E-state index in [1.165, 1.54) is 14.2 Å². The molecule has 4 aromatic rings. The van der Waals surface area contributed by atoms with Crippen molar-refractivity contribution in [3.8, 4) is 28.5 Å². The third-order valence-electron chi connectivity index (χ3n) is 4.05. The van der Waals surface area contributed by atoms with Crippen LogP contribution in [0.5, 0.6) is 5.88 Å². The van der Waals surface area contributed by atoms with Gasteiger partial charge in [0.2, 0.25) is 5.88 Å². The van der Waals surface area contributed by atoms with Crippen LogP contribution >= 0.6 is 11.6 Å². The fourth-order valence-electron chi connectivity index (χ4n) is 2.84. The lowest BCUT2D eigenvalue weighted by Gasteiger charge is -2.10. The maximum Gasteiger partial charge on any atom is 0.328 e. The van der Waals surface area contributed by atoms with E-state index >= 15 is 0 Å². The third-order valence-corrected chi connectivity index (χ3v) is 4.32. The first-order valence-electron chi connectivity index (χ1n) is 8.00. The molecule has 0 atom stereocenters. The largest absolute Gasteiger partial charge is 0.480 e. The topological polar surface area (TPSA) is 117 Å². The first kappa shape index (κ1) is 18.3. The van der Waals surface area contributed by atoms with Crippen LogP contribution in [0.3, 0.4) is 0 Å². The number of halogens is 3. The van der Waals surface area contributed by atoms with E-state index < -0.39 is 18.4 Å². The van der Waals surface area contributed by atoms with Crippen LogP contribution in [-0.2, 0) is 10.7 Å². The zero-order chi connectivity index (χ0) is 19.9. The van der Waals surface area contributed by atoms with Gasteiger partial charge in [0.05, 0.1) is 24.5 Å². The van der Waals surface area contributed by atoms with Crippen molar-refractivity contribution in [1.82, 2.24) is 35.3 Å². The predicted molar refractivity (Wildman–Crippen MR) is 96.4 cm³/mol. The minimum absolute atomic E-state index is 0.0371. The number of rotatable bonds is 6. The van der Waals surface area contributed by atoms with Crippen molar-refractivity contribution in [2.24, 2.45) is 0 Å². The number of hydrogen-bond acceptors (Lipinski definition) is 6. The molecule has 0 aliphatic heterocycles. The summed E-state index contributed by atoms with van der Waals surface area (Å²) in [4.78, 5) is 11.5. The summed E-state index contributed by atoms with van der Waals surface area (Å²) in [5.41, 5.74) is 2.68. The zero-order valence-corrected chi connectivity index (χ0v) is 15.4. The molecule has 12 heteroatoms. The highest BCUT2D eigenvalue weighted by Crippen LogP contribution is 2.39. The highest BCUT2D eigenvalue weighted by Gasteiger charge is 2.36. The van der Waals surface area contributed by atoms with E-state index in [0.29, 0.717) is 32.9 Å². The Balaban J connectivity index is 1.92. The maximum absolute atomic E-state index is 14.1. The Morgan fingerprint density at radius 2 is 2.07 bits per heavy atom. The number of alkyl halides is 2.